The Bertz CT molecular complexity index is 1630. The number of rotatable bonds is 7. The van der Waals surface area contributed by atoms with Gasteiger partial charge in [-0.2, -0.15) is 9.78 Å². The summed E-state index contributed by atoms with van der Waals surface area (Å²) in [6.07, 6.45) is 3.10. The van der Waals surface area contributed by atoms with E-state index in [0.717, 1.165) is 5.69 Å². The monoisotopic (exact) mass is 669 g/mol. The quantitative estimate of drug-likeness (QED) is 0.0593. The summed E-state index contributed by atoms with van der Waals surface area (Å²) in [4.78, 5) is 27.2. The minimum Gasteiger partial charge on any atom is -0.398 e. The number of anilines is 2. The average Bonchev–Trinajstić information content (AvgIpc) is 2.83. The maximum absolute atomic E-state index is 14.0. The fourth-order valence-electron chi connectivity index (χ4n) is 3.42. The van der Waals surface area contributed by atoms with Gasteiger partial charge in [-0.15, -0.1) is 101 Å². The van der Waals surface area contributed by atoms with Crippen LogP contribution in [0.1, 0.15) is 11.3 Å². The summed E-state index contributed by atoms with van der Waals surface area (Å²) in [5.41, 5.74) is 9.58. The highest BCUT2D eigenvalue weighted by Crippen LogP contribution is 2.44. The number of nitrogens with zero attached hydrogens (tertiary/aromatic N) is 5. The number of aryl methyl sites for hydroxylation is 1. The van der Waals surface area contributed by atoms with Crippen molar-refractivity contribution in [1.29, 1.82) is 0 Å². The van der Waals surface area contributed by atoms with Gasteiger partial charge in [-0.05, 0) is 43.3 Å². The van der Waals surface area contributed by atoms with Crippen molar-refractivity contribution in [3.63, 3.8) is 0 Å². The molecule has 3 aromatic heterocycles. The van der Waals surface area contributed by atoms with Gasteiger partial charge < -0.3 is 11.1 Å². The number of benzene rings is 1. The highest BCUT2D eigenvalue weighted by atomic mass is 32.2. The van der Waals surface area contributed by atoms with Gasteiger partial charge in [-0.25, -0.2) is 4.98 Å². The van der Waals surface area contributed by atoms with Crippen LogP contribution in [0.4, 0.5) is 11.5 Å². The molecule has 4 aromatic rings. The van der Waals surface area contributed by atoms with Crippen LogP contribution in [0.3, 0.4) is 0 Å². The van der Waals surface area contributed by atoms with Crippen molar-refractivity contribution < 1.29 is 0 Å². The van der Waals surface area contributed by atoms with Crippen LogP contribution in [0.2, 0.25) is 0 Å². The molecule has 0 saturated carbocycles. The largest absolute Gasteiger partial charge is 0.398 e. The SMILES string of the molecule is Cc1ccc(-c2c(=O)n(-c3ccc(N)c(C=NC(S)(S)S)c3)nc3ccc(NC(S)(S)C(S)(S)S)nc23)cn1. The number of fused-ring (bicyclic) bond motifs is 1. The van der Waals surface area contributed by atoms with Crippen LogP contribution in [0.5, 0.6) is 0 Å². The number of hydrogen-bond acceptors (Lipinski definition) is 15. The zero-order valence-electron chi connectivity index (χ0n) is 20.0. The Morgan fingerprint density at radius 2 is 1.72 bits per heavy atom. The Hall–Kier alpha value is -1.27. The number of pyridine rings is 2. The third-order valence-electron chi connectivity index (χ3n) is 5.39. The van der Waals surface area contributed by atoms with Crippen LogP contribution < -0.4 is 16.6 Å². The van der Waals surface area contributed by atoms with Crippen LogP contribution in [0.25, 0.3) is 27.8 Å². The lowest BCUT2D eigenvalue weighted by molar-refractivity contribution is 0.832. The van der Waals surface area contributed by atoms with Crippen LogP contribution in [0.15, 0.2) is 58.4 Å². The molecule has 0 bridgehead atoms. The summed E-state index contributed by atoms with van der Waals surface area (Å²) in [7, 11) is 0. The molecule has 1 aromatic carbocycles. The standard InChI is InChI=1S/C23H23N7OS8/c1-11-2-3-12(9-25-11)18-19-16(6-7-17(27-19)28-21(32,33)22(34,35)36)29-30(20(18)31)14-4-5-15(24)13(8-14)10-26-23(37,38)39/h2-10,32-39H,24H2,1H3,(H,27,28). The molecule has 0 unspecified atom stereocenters. The Morgan fingerprint density at radius 1 is 1.00 bits per heavy atom. The van der Waals surface area contributed by atoms with E-state index in [9.17, 15) is 4.79 Å². The van der Waals surface area contributed by atoms with Crippen molar-refractivity contribution in [3.05, 3.63) is 70.3 Å². The molecular weight excluding hydrogens is 647 g/mol. The molecule has 39 heavy (non-hydrogen) atoms. The second-order valence-electron chi connectivity index (χ2n) is 8.45. The third kappa shape index (κ3) is 7.15. The maximum Gasteiger partial charge on any atom is 0.281 e. The van der Waals surface area contributed by atoms with Gasteiger partial charge in [-0.1, -0.05) is 6.07 Å². The number of thiol groups is 8. The summed E-state index contributed by atoms with van der Waals surface area (Å²) >= 11 is 34.4. The van der Waals surface area contributed by atoms with E-state index < -0.39 is 16.7 Å². The van der Waals surface area contributed by atoms with Gasteiger partial charge in [0.2, 0.25) is 0 Å². The Morgan fingerprint density at radius 3 is 2.33 bits per heavy atom. The first-order valence-electron chi connectivity index (χ1n) is 11.0. The Balaban J connectivity index is 1.95. The number of nitrogens with two attached hydrogens (primary N) is 1. The van der Waals surface area contributed by atoms with Gasteiger partial charge in [0.05, 0.1) is 11.3 Å². The first-order chi connectivity index (χ1) is 18.1. The van der Waals surface area contributed by atoms with Crippen molar-refractivity contribution in [2.24, 2.45) is 4.99 Å². The fourth-order valence-corrected chi connectivity index (χ4v) is 3.99. The summed E-state index contributed by atoms with van der Waals surface area (Å²) < 4.78 is -2.44. The van der Waals surface area contributed by atoms with Gasteiger partial charge in [-0.3, -0.25) is 14.8 Å². The second kappa shape index (κ2) is 11.5. The highest BCUT2D eigenvalue weighted by Gasteiger charge is 2.39. The lowest BCUT2D eigenvalue weighted by Gasteiger charge is -2.34. The first-order valence-corrected chi connectivity index (χ1v) is 14.5. The van der Waals surface area contributed by atoms with Crippen molar-refractivity contribution in [2.45, 2.75) is 18.1 Å². The molecule has 8 nitrogen and oxygen atoms in total. The average molecular weight is 670 g/mol. The molecule has 16 heteroatoms. The number of nitrogens with one attached hydrogen (secondary N) is 1. The molecule has 0 amide bonds. The van der Waals surface area contributed by atoms with Crippen molar-refractivity contribution in [2.75, 3.05) is 11.1 Å². The van der Waals surface area contributed by atoms with Gasteiger partial charge in [0.25, 0.3) is 5.56 Å². The van der Waals surface area contributed by atoms with Gasteiger partial charge in [0, 0.05) is 34.9 Å². The molecule has 0 atom stereocenters. The number of aliphatic imine (C=N–C) groups is 1. The number of hydrogen-bond donors (Lipinski definition) is 10. The lowest BCUT2D eigenvalue weighted by atomic mass is 10.1. The normalized spacial score (nSPS) is 12.8. The van der Waals surface area contributed by atoms with Crippen LogP contribution >= 0.6 is 101 Å². The lowest BCUT2D eigenvalue weighted by Crippen LogP contribution is -2.40. The summed E-state index contributed by atoms with van der Waals surface area (Å²) in [6.45, 7) is 1.86. The van der Waals surface area contributed by atoms with E-state index in [1.165, 1.54) is 10.9 Å². The Labute approximate surface area is 268 Å². The summed E-state index contributed by atoms with van der Waals surface area (Å²) in [5, 5.41) is 7.63. The van der Waals surface area contributed by atoms with E-state index in [4.69, 9.17) is 5.73 Å². The molecule has 0 radical (unpaired) electrons. The molecule has 4 rings (SSSR count). The molecule has 204 valence electrons. The van der Waals surface area contributed by atoms with Gasteiger partial charge in [0.15, 0.2) is 7.74 Å². The highest BCUT2D eigenvalue weighted by molar-refractivity contribution is 8.20. The number of nitrogen functional groups attached to an aromatic ring is 1. The zero-order chi connectivity index (χ0) is 28.8. The number of aromatic nitrogens is 4. The predicted molar refractivity (Wildman–Crippen MR) is 189 cm³/mol. The molecule has 3 N–H and O–H groups in total. The van der Waals surface area contributed by atoms with E-state index in [1.54, 1.807) is 42.6 Å². The molecule has 0 aliphatic rings. The van der Waals surface area contributed by atoms with E-state index in [2.05, 4.69) is 126 Å². The molecule has 0 saturated heterocycles. The van der Waals surface area contributed by atoms with Crippen LogP contribution in [0, 0.1) is 6.92 Å². The van der Waals surface area contributed by atoms with E-state index in [1.807, 2.05) is 13.0 Å². The predicted octanol–water partition coefficient (Wildman–Crippen LogP) is 4.92. The summed E-state index contributed by atoms with van der Waals surface area (Å²) in [6, 6.07) is 12.0. The van der Waals surface area contributed by atoms with Crippen molar-refractivity contribution in [3.8, 4) is 16.8 Å². The molecule has 0 spiro atoms. The van der Waals surface area contributed by atoms with E-state index in [0.29, 0.717) is 44.9 Å². The third-order valence-corrected chi connectivity index (χ3v) is 8.69. The smallest absolute Gasteiger partial charge is 0.281 e. The minimum absolute atomic E-state index is 0.293. The van der Waals surface area contributed by atoms with E-state index in [-0.39, 0.29) is 0 Å². The first kappa shape index (κ1) is 30.7. The molecule has 0 fully saturated rings. The topological polar surface area (TPSA) is 111 Å². The van der Waals surface area contributed by atoms with Gasteiger partial charge >= 0.3 is 0 Å². The van der Waals surface area contributed by atoms with Crippen molar-refractivity contribution >= 4 is 130 Å². The summed E-state index contributed by atoms with van der Waals surface area (Å²) in [5.74, 6) is 0.356. The zero-order valence-corrected chi connectivity index (χ0v) is 27.2. The maximum atomic E-state index is 14.0. The molecular formula is C23H23N7OS8. The molecule has 3 heterocycles. The van der Waals surface area contributed by atoms with Crippen LogP contribution in [-0.2, 0) is 0 Å². The fraction of sp³-hybridized carbons (Fsp3) is 0.174. The molecule has 0 aliphatic heterocycles. The minimum atomic E-state index is -1.29. The van der Waals surface area contributed by atoms with Crippen molar-refractivity contribution in [1.82, 2.24) is 19.7 Å². The van der Waals surface area contributed by atoms with Gasteiger partial charge in [0.1, 0.15) is 20.3 Å². The Kier molecular flexibility index (Phi) is 9.08. The molecule has 0 aliphatic carbocycles. The second-order valence-corrected chi connectivity index (χ2v) is 16.2. The van der Waals surface area contributed by atoms with E-state index >= 15 is 0 Å². The van der Waals surface area contributed by atoms with Crippen LogP contribution in [-0.4, -0.2) is 37.1 Å².